The Morgan fingerprint density at radius 3 is 2.53 bits per heavy atom. The summed E-state index contributed by atoms with van der Waals surface area (Å²) in [5.74, 6) is 6.70. The number of nitrogens with zero attached hydrogens (tertiary/aromatic N) is 3. The van der Waals surface area contributed by atoms with Gasteiger partial charge in [-0.05, 0) is 19.1 Å². The molecule has 0 aliphatic rings. The third-order valence-corrected chi connectivity index (χ3v) is 2.57. The van der Waals surface area contributed by atoms with Crippen molar-refractivity contribution >= 4 is 17.3 Å². The van der Waals surface area contributed by atoms with Gasteiger partial charge in [0.2, 0.25) is 0 Å². The van der Waals surface area contributed by atoms with E-state index in [1.54, 1.807) is 6.07 Å². The highest BCUT2D eigenvalue weighted by atomic mass is 15.3. The minimum absolute atomic E-state index is 0.592. The summed E-state index contributed by atoms with van der Waals surface area (Å²) in [6.45, 7) is 2.06. The zero-order chi connectivity index (χ0) is 12.3. The van der Waals surface area contributed by atoms with Crippen molar-refractivity contribution in [2.75, 3.05) is 17.4 Å². The maximum Gasteiger partial charge on any atom is 0.145 e. The maximum absolute atomic E-state index is 5.32. The molecule has 1 aromatic carbocycles. The van der Waals surface area contributed by atoms with Crippen LogP contribution in [-0.4, -0.2) is 17.0 Å². The molecule has 2 rings (SSSR count). The Bertz CT molecular complexity index is 495. The number of hydrazine groups is 1. The molecule has 0 spiro atoms. The van der Waals surface area contributed by atoms with Crippen LogP contribution >= 0.6 is 0 Å². The van der Waals surface area contributed by atoms with E-state index in [1.165, 1.54) is 11.9 Å². The second kappa shape index (κ2) is 4.80. The maximum atomic E-state index is 5.32. The van der Waals surface area contributed by atoms with Crippen LogP contribution < -0.4 is 16.2 Å². The lowest BCUT2D eigenvalue weighted by Gasteiger charge is -2.18. The van der Waals surface area contributed by atoms with Crippen LogP contribution in [-0.2, 0) is 0 Å². The molecule has 1 heterocycles. The lowest BCUT2D eigenvalue weighted by atomic mass is 10.2. The monoisotopic (exact) mass is 229 g/mol. The van der Waals surface area contributed by atoms with Gasteiger partial charge in [0.25, 0.3) is 0 Å². The van der Waals surface area contributed by atoms with E-state index >= 15 is 0 Å². The molecule has 5 heteroatoms. The molecule has 88 valence electrons. The van der Waals surface area contributed by atoms with Gasteiger partial charge in [-0.15, -0.1) is 0 Å². The number of rotatable bonds is 3. The van der Waals surface area contributed by atoms with Crippen molar-refractivity contribution in [2.45, 2.75) is 6.92 Å². The third kappa shape index (κ3) is 2.51. The summed E-state index contributed by atoms with van der Waals surface area (Å²) in [7, 11) is 1.95. The van der Waals surface area contributed by atoms with Gasteiger partial charge in [0.05, 0.1) is 0 Å². The van der Waals surface area contributed by atoms with Gasteiger partial charge >= 0.3 is 0 Å². The van der Waals surface area contributed by atoms with Gasteiger partial charge in [0.1, 0.15) is 18.0 Å². The highest BCUT2D eigenvalue weighted by Gasteiger charge is 2.05. The quantitative estimate of drug-likeness (QED) is 0.621. The van der Waals surface area contributed by atoms with Crippen LogP contribution in [0.3, 0.4) is 0 Å². The minimum Gasteiger partial charge on any atom is -0.329 e. The summed E-state index contributed by atoms with van der Waals surface area (Å²) in [4.78, 5) is 10.2. The molecule has 17 heavy (non-hydrogen) atoms. The Morgan fingerprint density at radius 2 is 1.88 bits per heavy atom. The molecule has 0 fully saturated rings. The Balaban J connectivity index is 2.29. The predicted octanol–water partition coefficient (Wildman–Crippen LogP) is 1.84. The standard InChI is InChI=1S/C12H15N5/c1-9-3-5-10(6-4-9)17(2)12-7-11(16-13)14-8-15-12/h3-8H,13H2,1-2H3,(H,14,15,16). The van der Waals surface area contributed by atoms with Crippen molar-refractivity contribution in [2.24, 2.45) is 5.84 Å². The van der Waals surface area contributed by atoms with Gasteiger partial charge < -0.3 is 10.3 Å². The number of aryl methyl sites for hydroxylation is 1. The average Bonchev–Trinajstić information content (AvgIpc) is 2.39. The molecule has 0 radical (unpaired) electrons. The predicted molar refractivity (Wildman–Crippen MR) is 69.1 cm³/mol. The van der Waals surface area contributed by atoms with E-state index in [4.69, 9.17) is 5.84 Å². The zero-order valence-corrected chi connectivity index (χ0v) is 9.88. The van der Waals surface area contributed by atoms with Crippen molar-refractivity contribution in [3.8, 4) is 0 Å². The van der Waals surface area contributed by atoms with Crippen LogP contribution in [0.4, 0.5) is 17.3 Å². The van der Waals surface area contributed by atoms with Crippen LogP contribution in [0.25, 0.3) is 0 Å². The Labute approximate surface area is 100 Å². The zero-order valence-electron chi connectivity index (χ0n) is 9.88. The Kier molecular flexibility index (Phi) is 3.20. The molecule has 0 bridgehead atoms. The number of nitrogen functional groups attached to an aromatic ring is 1. The number of anilines is 3. The highest BCUT2D eigenvalue weighted by Crippen LogP contribution is 2.22. The van der Waals surface area contributed by atoms with E-state index in [1.807, 2.05) is 24.1 Å². The van der Waals surface area contributed by atoms with Crippen LogP contribution in [0.5, 0.6) is 0 Å². The number of hydrogen-bond donors (Lipinski definition) is 2. The lowest BCUT2D eigenvalue weighted by molar-refractivity contribution is 1.07. The molecule has 0 atom stereocenters. The first kappa shape index (κ1) is 11.3. The minimum atomic E-state index is 0.592. The first-order valence-corrected chi connectivity index (χ1v) is 5.30. The SMILES string of the molecule is Cc1ccc(N(C)c2cc(NN)ncn2)cc1. The summed E-state index contributed by atoms with van der Waals surface area (Å²) in [6.07, 6.45) is 1.48. The van der Waals surface area contributed by atoms with Crippen LogP contribution in [0.1, 0.15) is 5.56 Å². The van der Waals surface area contributed by atoms with E-state index < -0.39 is 0 Å². The van der Waals surface area contributed by atoms with Crippen LogP contribution in [0.15, 0.2) is 36.7 Å². The van der Waals surface area contributed by atoms with Crippen molar-refractivity contribution in [3.63, 3.8) is 0 Å². The number of nitrogens with two attached hydrogens (primary N) is 1. The highest BCUT2D eigenvalue weighted by molar-refractivity contribution is 5.61. The van der Waals surface area contributed by atoms with Gasteiger partial charge in [-0.2, -0.15) is 0 Å². The van der Waals surface area contributed by atoms with E-state index in [-0.39, 0.29) is 0 Å². The van der Waals surface area contributed by atoms with Gasteiger partial charge in [0, 0.05) is 18.8 Å². The number of nitrogens with one attached hydrogen (secondary N) is 1. The Morgan fingerprint density at radius 1 is 1.18 bits per heavy atom. The molecule has 0 aliphatic heterocycles. The molecule has 3 N–H and O–H groups in total. The van der Waals surface area contributed by atoms with Gasteiger partial charge in [-0.3, -0.25) is 0 Å². The molecular weight excluding hydrogens is 214 g/mol. The van der Waals surface area contributed by atoms with Crippen molar-refractivity contribution in [1.29, 1.82) is 0 Å². The van der Waals surface area contributed by atoms with Crippen LogP contribution in [0.2, 0.25) is 0 Å². The van der Waals surface area contributed by atoms with E-state index in [2.05, 4.69) is 34.5 Å². The Hall–Kier alpha value is -2.14. The summed E-state index contributed by atoms with van der Waals surface area (Å²) < 4.78 is 0. The smallest absolute Gasteiger partial charge is 0.145 e. The van der Waals surface area contributed by atoms with E-state index in [0.717, 1.165) is 11.5 Å². The molecule has 0 unspecified atom stereocenters. The molecule has 0 saturated heterocycles. The first-order chi connectivity index (χ1) is 8.20. The van der Waals surface area contributed by atoms with Crippen molar-refractivity contribution < 1.29 is 0 Å². The van der Waals surface area contributed by atoms with Gasteiger partial charge in [0.15, 0.2) is 0 Å². The molecule has 0 aliphatic carbocycles. The van der Waals surface area contributed by atoms with Gasteiger partial charge in [-0.1, -0.05) is 17.7 Å². The second-order valence-corrected chi connectivity index (χ2v) is 3.80. The van der Waals surface area contributed by atoms with Crippen molar-refractivity contribution in [3.05, 3.63) is 42.2 Å². The first-order valence-electron chi connectivity index (χ1n) is 5.30. The topological polar surface area (TPSA) is 67.1 Å². The third-order valence-electron chi connectivity index (χ3n) is 2.57. The average molecular weight is 229 g/mol. The second-order valence-electron chi connectivity index (χ2n) is 3.80. The van der Waals surface area contributed by atoms with Crippen LogP contribution in [0, 0.1) is 6.92 Å². The summed E-state index contributed by atoms with van der Waals surface area (Å²) in [6, 6.07) is 10.0. The number of aromatic nitrogens is 2. The van der Waals surface area contributed by atoms with Crippen molar-refractivity contribution in [1.82, 2.24) is 9.97 Å². The fraction of sp³-hybridized carbons (Fsp3) is 0.167. The number of hydrogen-bond acceptors (Lipinski definition) is 5. The molecular formula is C12H15N5. The summed E-state index contributed by atoms with van der Waals surface area (Å²) in [5.41, 5.74) is 4.80. The molecule has 0 saturated carbocycles. The van der Waals surface area contributed by atoms with E-state index in [9.17, 15) is 0 Å². The van der Waals surface area contributed by atoms with Gasteiger partial charge in [-0.25, -0.2) is 15.8 Å². The molecule has 0 amide bonds. The molecule has 1 aromatic heterocycles. The largest absolute Gasteiger partial charge is 0.329 e. The number of benzene rings is 1. The summed E-state index contributed by atoms with van der Waals surface area (Å²) in [5, 5.41) is 0. The lowest BCUT2D eigenvalue weighted by Crippen LogP contribution is -2.14. The summed E-state index contributed by atoms with van der Waals surface area (Å²) >= 11 is 0. The fourth-order valence-electron chi connectivity index (χ4n) is 1.51. The molecule has 2 aromatic rings. The fourth-order valence-corrected chi connectivity index (χ4v) is 1.51. The van der Waals surface area contributed by atoms with E-state index in [0.29, 0.717) is 5.82 Å². The normalized spacial score (nSPS) is 10.1. The molecule has 5 nitrogen and oxygen atoms in total.